The number of fused-ring (bicyclic) bond motifs is 1. The highest BCUT2D eigenvalue weighted by Gasteiger charge is 2.20. The molecule has 0 saturated heterocycles. The average Bonchev–Trinajstić information content (AvgIpc) is 2.71. The summed E-state index contributed by atoms with van der Waals surface area (Å²) in [5.41, 5.74) is 6.93. The minimum Gasteiger partial charge on any atom is -0.493 e. The predicted octanol–water partition coefficient (Wildman–Crippen LogP) is 1.88. The number of rotatable bonds is 6. The van der Waals surface area contributed by atoms with E-state index in [0.717, 1.165) is 36.7 Å². The van der Waals surface area contributed by atoms with Crippen molar-refractivity contribution in [1.29, 1.82) is 0 Å². The van der Waals surface area contributed by atoms with Gasteiger partial charge in [-0.2, -0.15) is 0 Å². The van der Waals surface area contributed by atoms with E-state index < -0.39 is 0 Å². The Labute approximate surface area is 102 Å². The van der Waals surface area contributed by atoms with E-state index in [-0.39, 0.29) is 6.04 Å². The predicted molar refractivity (Wildman–Crippen MR) is 65.5 cm³/mol. The van der Waals surface area contributed by atoms with Crippen LogP contribution in [0.15, 0.2) is 18.2 Å². The second-order valence-corrected chi connectivity index (χ2v) is 4.02. The summed E-state index contributed by atoms with van der Waals surface area (Å²) in [5.74, 6) is 1.68. The first kappa shape index (κ1) is 12.2. The molecular formula is C13H19NO3. The molecule has 0 amide bonds. The van der Waals surface area contributed by atoms with Gasteiger partial charge in [0.05, 0.1) is 12.6 Å². The van der Waals surface area contributed by atoms with E-state index in [2.05, 4.69) is 0 Å². The number of hydrogen-bond donors (Lipinski definition) is 1. The van der Waals surface area contributed by atoms with E-state index in [0.29, 0.717) is 13.2 Å². The number of ether oxygens (including phenoxy) is 3. The molecule has 94 valence electrons. The van der Waals surface area contributed by atoms with E-state index in [1.807, 2.05) is 25.1 Å². The fraction of sp³-hybridized carbons (Fsp3) is 0.538. The lowest BCUT2D eigenvalue weighted by Gasteiger charge is -2.08. The highest BCUT2D eigenvalue weighted by atomic mass is 16.5. The second kappa shape index (κ2) is 5.89. The summed E-state index contributed by atoms with van der Waals surface area (Å²) in [5, 5.41) is 0. The van der Waals surface area contributed by atoms with E-state index in [4.69, 9.17) is 19.9 Å². The average molecular weight is 237 g/mol. The van der Waals surface area contributed by atoms with Crippen LogP contribution in [0.2, 0.25) is 0 Å². The van der Waals surface area contributed by atoms with Gasteiger partial charge in [-0.1, -0.05) is 0 Å². The molecule has 0 fully saturated rings. The molecule has 0 spiro atoms. The fourth-order valence-electron chi connectivity index (χ4n) is 1.80. The van der Waals surface area contributed by atoms with Gasteiger partial charge >= 0.3 is 0 Å². The van der Waals surface area contributed by atoms with Crippen LogP contribution in [0.3, 0.4) is 0 Å². The Morgan fingerprint density at radius 3 is 3.12 bits per heavy atom. The third kappa shape index (κ3) is 3.11. The van der Waals surface area contributed by atoms with Gasteiger partial charge in [-0.25, -0.2) is 0 Å². The van der Waals surface area contributed by atoms with Crippen molar-refractivity contribution in [3.05, 3.63) is 23.8 Å². The molecule has 1 aliphatic heterocycles. The van der Waals surface area contributed by atoms with Crippen LogP contribution >= 0.6 is 0 Å². The van der Waals surface area contributed by atoms with Gasteiger partial charge in [0.2, 0.25) is 0 Å². The van der Waals surface area contributed by atoms with Crippen LogP contribution in [0.25, 0.3) is 0 Å². The van der Waals surface area contributed by atoms with E-state index >= 15 is 0 Å². The minimum atomic E-state index is -0.00277. The van der Waals surface area contributed by atoms with Crippen molar-refractivity contribution in [2.24, 2.45) is 5.73 Å². The molecule has 2 N–H and O–H groups in total. The summed E-state index contributed by atoms with van der Waals surface area (Å²) < 4.78 is 16.3. The van der Waals surface area contributed by atoms with Crippen molar-refractivity contribution < 1.29 is 14.2 Å². The van der Waals surface area contributed by atoms with Crippen LogP contribution in [0.5, 0.6) is 11.5 Å². The molecule has 1 aromatic rings. The largest absolute Gasteiger partial charge is 0.493 e. The standard InChI is InChI=1S/C13H19NO3/c1-2-15-6-3-7-16-10-4-5-11-12(14)9-17-13(11)8-10/h4-5,8,12H,2-3,6-7,9,14H2,1H3. The van der Waals surface area contributed by atoms with E-state index in [9.17, 15) is 0 Å². The van der Waals surface area contributed by atoms with Crippen molar-refractivity contribution in [3.63, 3.8) is 0 Å². The maximum absolute atomic E-state index is 5.87. The maximum Gasteiger partial charge on any atom is 0.127 e. The molecule has 0 aliphatic carbocycles. The first-order chi connectivity index (χ1) is 8.31. The van der Waals surface area contributed by atoms with Gasteiger partial charge in [-0.3, -0.25) is 0 Å². The molecular weight excluding hydrogens is 218 g/mol. The number of benzene rings is 1. The molecule has 1 heterocycles. The molecule has 2 rings (SSSR count). The zero-order chi connectivity index (χ0) is 12.1. The second-order valence-electron chi connectivity index (χ2n) is 4.02. The highest BCUT2D eigenvalue weighted by molar-refractivity contribution is 5.44. The fourth-order valence-corrected chi connectivity index (χ4v) is 1.80. The topological polar surface area (TPSA) is 53.7 Å². The molecule has 4 heteroatoms. The first-order valence-corrected chi connectivity index (χ1v) is 6.04. The Balaban J connectivity index is 1.82. The molecule has 0 bridgehead atoms. The quantitative estimate of drug-likeness (QED) is 0.768. The maximum atomic E-state index is 5.87. The summed E-state index contributed by atoms with van der Waals surface area (Å²) in [7, 11) is 0. The molecule has 17 heavy (non-hydrogen) atoms. The Kier molecular flexibility index (Phi) is 4.23. The van der Waals surface area contributed by atoms with Gasteiger partial charge in [0.15, 0.2) is 0 Å². The van der Waals surface area contributed by atoms with Gasteiger partial charge in [0, 0.05) is 31.3 Å². The molecule has 0 aromatic heterocycles. The van der Waals surface area contributed by atoms with Crippen LogP contribution in [0.4, 0.5) is 0 Å². The van der Waals surface area contributed by atoms with Crippen molar-refractivity contribution in [2.75, 3.05) is 26.4 Å². The summed E-state index contributed by atoms with van der Waals surface area (Å²) in [4.78, 5) is 0. The van der Waals surface area contributed by atoms with Gasteiger partial charge in [-0.15, -0.1) is 0 Å². The lowest BCUT2D eigenvalue weighted by molar-refractivity contribution is 0.131. The summed E-state index contributed by atoms with van der Waals surface area (Å²) in [6.07, 6.45) is 0.894. The number of hydrogen-bond acceptors (Lipinski definition) is 4. The Morgan fingerprint density at radius 1 is 1.41 bits per heavy atom. The minimum absolute atomic E-state index is 0.00277. The van der Waals surface area contributed by atoms with Crippen LogP contribution in [-0.2, 0) is 4.74 Å². The molecule has 1 atom stereocenters. The molecule has 1 aromatic carbocycles. The molecule has 0 radical (unpaired) electrons. The zero-order valence-corrected chi connectivity index (χ0v) is 10.1. The van der Waals surface area contributed by atoms with E-state index in [1.54, 1.807) is 0 Å². The summed E-state index contributed by atoms with van der Waals surface area (Å²) in [6.45, 7) is 4.70. The molecule has 0 saturated carbocycles. The summed E-state index contributed by atoms with van der Waals surface area (Å²) in [6, 6.07) is 5.82. The molecule has 4 nitrogen and oxygen atoms in total. The summed E-state index contributed by atoms with van der Waals surface area (Å²) >= 11 is 0. The van der Waals surface area contributed by atoms with E-state index in [1.165, 1.54) is 0 Å². The Morgan fingerprint density at radius 2 is 2.29 bits per heavy atom. The Hall–Kier alpha value is -1.26. The Bertz CT molecular complexity index is 368. The highest BCUT2D eigenvalue weighted by Crippen LogP contribution is 2.33. The van der Waals surface area contributed by atoms with Crippen LogP contribution in [-0.4, -0.2) is 26.4 Å². The first-order valence-electron chi connectivity index (χ1n) is 6.04. The van der Waals surface area contributed by atoms with Gasteiger partial charge in [-0.05, 0) is 19.1 Å². The molecule has 1 unspecified atom stereocenters. The van der Waals surface area contributed by atoms with Gasteiger partial charge in [0.1, 0.15) is 18.1 Å². The zero-order valence-electron chi connectivity index (χ0n) is 10.1. The third-order valence-electron chi connectivity index (χ3n) is 2.71. The van der Waals surface area contributed by atoms with Crippen molar-refractivity contribution in [3.8, 4) is 11.5 Å². The van der Waals surface area contributed by atoms with Gasteiger partial charge in [0.25, 0.3) is 0 Å². The lowest BCUT2D eigenvalue weighted by Crippen LogP contribution is -2.10. The van der Waals surface area contributed by atoms with Crippen molar-refractivity contribution >= 4 is 0 Å². The normalized spacial score (nSPS) is 17.6. The third-order valence-corrected chi connectivity index (χ3v) is 2.71. The van der Waals surface area contributed by atoms with Crippen LogP contribution in [0, 0.1) is 0 Å². The SMILES string of the molecule is CCOCCCOc1ccc2c(c1)OCC2N. The van der Waals surface area contributed by atoms with Crippen molar-refractivity contribution in [1.82, 2.24) is 0 Å². The van der Waals surface area contributed by atoms with Crippen molar-refractivity contribution in [2.45, 2.75) is 19.4 Å². The van der Waals surface area contributed by atoms with Crippen LogP contribution in [0.1, 0.15) is 24.9 Å². The lowest BCUT2D eigenvalue weighted by atomic mass is 10.1. The van der Waals surface area contributed by atoms with Gasteiger partial charge < -0.3 is 19.9 Å². The number of nitrogens with two attached hydrogens (primary N) is 1. The molecule has 1 aliphatic rings. The smallest absolute Gasteiger partial charge is 0.127 e. The van der Waals surface area contributed by atoms with Crippen LogP contribution < -0.4 is 15.2 Å². The monoisotopic (exact) mass is 237 g/mol.